The number of anilines is 1. The maximum atomic E-state index is 14.3. The molecule has 5 fully saturated rings. The Balaban J connectivity index is 1.33. The van der Waals surface area contributed by atoms with E-state index < -0.39 is 21.8 Å². The van der Waals surface area contributed by atoms with Gasteiger partial charge in [-0.2, -0.15) is 8.42 Å². The Morgan fingerprint density at radius 3 is 2.37 bits per heavy atom. The smallest absolute Gasteiger partial charge is 0.286 e. The molecule has 5 atom stereocenters. The largest absolute Gasteiger partial charge is 0.341 e. The molecule has 2 aromatic rings. The lowest BCUT2D eigenvalue weighted by molar-refractivity contribution is -0.154. The van der Waals surface area contributed by atoms with E-state index in [0.717, 1.165) is 36.8 Å². The van der Waals surface area contributed by atoms with Crippen molar-refractivity contribution in [1.82, 2.24) is 4.90 Å². The summed E-state index contributed by atoms with van der Waals surface area (Å²) in [6.07, 6.45) is 5.18. The van der Waals surface area contributed by atoms with Crippen LogP contribution in [0.3, 0.4) is 0 Å². The summed E-state index contributed by atoms with van der Waals surface area (Å²) in [6.45, 7) is 2.05. The molecule has 4 aliphatic carbocycles. The van der Waals surface area contributed by atoms with Crippen LogP contribution in [0, 0.1) is 48.2 Å². The van der Waals surface area contributed by atoms with Gasteiger partial charge in [-0.05, 0) is 98.1 Å². The summed E-state index contributed by atoms with van der Waals surface area (Å²) < 4.78 is 44.0. The number of likely N-dealkylation sites (tertiary alicyclic amines) is 1. The van der Waals surface area contributed by atoms with Crippen LogP contribution in [0.15, 0.2) is 51.8 Å². The quantitative estimate of drug-likeness (QED) is 0.591. The van der Waals surface area contributed by atoms with Crippen molar-refractivity contribution in [2.45, 2.75) is 56.5 Å². The molecule has 0 aromatic heterocycles. The van der Waals surface area contributed by atoms with E-state index in [-0.39, 0.29) is 52.7 Å². The van der Waals surface area contributed by atoms with Crippen molar-refractivity contribution >= 4 is 33.2 Å². The highest BCUT2D eigenvalue weighted by molar-refractivity contribution is 7.90. The topological polar surface area (TPSA) is 95.9 Å². The first-order valence-corrected chi connectivity index (χ1v) is 14.9. The van der Waals surface area contributed by atoms with Crippen LogP contribution in [0.5, 0.6) is 0 Å². The first kappa shape index (κ1) is 24.0. The molecule has 1 N–H and O–H groups in total. The number of Topliss-reactive ketones (excluding diaryl/α,β-unsaturated/α-hetero) is 1. The minimum Gasteiger partial charge on any atom is -0.341 e. The van der Waals surface area contributed by atoms with Crippen molar-refractivity contribution in [3.8, 4) is 0 Å². The summed E-state index contributed by atoms with van der Waals surface area (Å²) in [5, 5.41) is 3.04. The Hall–Kier alpha value is -3.07. The van der Waals surface area contributed by atoms with E-state index in [2.05, 4.69) is 9.71 Å². The number of hydrogen-bond donors (Lipinski definition) is 1. The molecule has 8 rings (SSSR count). The molecule has 1 saturated heterocycles. The number of sulfonamides is 1. The standard InChI is InChI=1S/C29H30FN3O4S/c1-15-2-7-22-23(8-15)38(36,37)32-28(31-22)25-27(34)24-19-10-17-9-18(11-19)13-20(12-17)26(24)33(29(25)35)14-16-3-5-21(30)6-4-16/h2-8,17-20,24-26H,9-14H2,1H3,(H,31,32). The SMILES string of the molecule is Cc1ccc2c(c1)S(=O)(=O)N=C(C1C(=O)C3C4CC5CC(C4)CC(C5)C3N(Cc3ccc(F)cc3)C1=O)N2. The van der Waals surface area contributed by atoms with Crippen molar-refractivity contribution < 1.29 is 22.4 Å². The van der Waals surface area contributed by atoms with Gasteiger partial charge in [0.1, 0.15) is 16.5 Å². The molecule has 2 aliphatic heterocycles. The molecule has 2 heterocycles. The van der Waals surface area contributed by atoms with Crippen molar-refractivity contribution in [1.29, 1.82) is 0 Å². The molecule has 4 saturated carbocycles. The van der Waals surface area contributed by atoms with Crippen LogP contribution in [-0.2, 0) is 26.2 Å². The number of carbonyl (C=O) groups is 2. The van der Waals surface area contributed by atoms with Gasteiger partial charge in [-0.3, -0.25) is 9.59 Å². The van der Waals surface area contributed by atoms with Crippen molar-refractivity contribution in [3.05, 3.63) is 59.4 Å². The van der Waals surface area contributed by atoms with Crippen molar-refractivity contribution in [2.75, 3.05) is 5.32 Å². The fourth-order valence-electron chi connectivity index (χ4n) is 8.21. The van der Waals surface area contributed by atoms with E-state index in [0.29, 0.717) is 17.5 Å². The summed E-state index contributed by atoms with van der Waals surface area (Å²) in [4.78, 5) is 30.4. The number of halogens is 1. The number of amidine groups is 1. The summed E-state index contributed by atoms with van der Waals surface area (Å²) in [6, 6.07) is 10.8. The fraction of sp³-hybridized carbons (Fsp3) is 0.483. The highest BCUT2D eigenvalue weighted by Gasteiger charge is 2.59. The molecule has 9 heteroatoms. The first-order chi connectivity index (χ1) is 18.2. The zero-order valence-corrected chi connectivity index (χ0v) is 22.0. The van der Waals surface area contributed by atoms with Crippen molar-refractivity contribution in [2.24, 2.45) is 39.9 Å². The monoisotopic (exact) mass is 535 g/mol. The molecule has 0 spiro atoms. The Morgan fingerprint density at radius 1 is 0.974 bits per heavy atom. The third-order valence-electron chi connectivity index (χ3n) is 9.51. The maximum absolute atomic E-state index is 14.3. The number of fused-ring (bicyclic) bond motifs is 1. The number of amides is 1. The van der Waals surface area contributed by atoms with Crippen LogP contribution in [0.4, 0.5) is 10.1 Å². The Kier molecular flexibility index (Phi) is 5.35. The maximum Gasteiger partial charge on any atom is 0.286 e. The average Bonchev–Trinajstić information content (AvgIpc) is 3.03. The van der Waals surface area contributed by atoms with Gasteiger partial charge in [0.25, 0.3) is 10.0 Å². The number of nitrogens with one attached hydrogen (secondary N) is 1. The third kappa shape index (κ3) is 3.73. The van der Waals surface area contributed by atoms with Gasteiger partial charge >= 0.3 is 0 Å². The van der Waals surface area contributed by atoms with Gasteiger partial charge in [0.2, 0.25) is 5.91 Å². The van der Waals surface area contributed by atoms with Crippen LogP contribution in [0.2, 0.25) is 0 Å². The lowest BCUT2D eigenvalue weighted by atomic mass is 9.66. The van der Waals surface area contributed by atoms with E-state index in [1.54, 1.807) is 42.2 Å². The number of aryl methyl sites for hydroxylation is 1. The fourth-order valence-corrected chi connectivity index (χ4v) is 9.45. The Bertz CT molecular complexity index is 1470. The van der Waals surface area contributed by atoms with E-state index in [9.17, 15) is 22.4 Å². The zero-order valence-electron chi connectivity index (χ0n) is 21.1. The molecular weight excluding hydrogens is 505 g/mol. The summed E-state index contributed by atoms with van der Waals surface area (Å²) in [5.41, 5.74) is 1.88. The normalized spacial score (nSPS) is 34.7. The molecule has 6 aliphatic rings. The second-order valence-electron chi connectivity index (χ2n) is 12.0. The first-order valence-electron chi connectivity index (χ1n) is 13.5. The minimum absolute atomic E-state index is 0.0448. The van der Waals surface area contributed by atoms with Crippen LogP contribution >= 0.6 is 0 Å². The van der Waals surface area contributed by atoms with Gasteiger partial charge in [0.15, 0.2) is 11.7 Å². The van der Waals surface area contributed by atoms with Crippen LogP contribution in [0.1, 0.15) is 43.2 Å². The highest BCUT2D eigenvalue weighted by Crippen LogP contribution is 2.56. The predicted molar refractivity (Wildman–Crippen MR) is 139 cm³/mol. The zero-order chi connectivity index (χ0) is 26.3. The number of benzene rings is 2. The summed E-state index contributed by atoms with van der Waals surface area (Å²) >= 11 is 0. The second kappa shape index (κ2) is 8.46. The average molecular weight is 536 g/mol. The molecule has 2 aromatic carbocycles. The molecule has 0 radical (unpaired) electrons. The number of hydrogen-bond acceptors (Lipinski definition) is 5. The van der Waals surface area contributed by atoms with Gasteiger partial charge in [-0.15, -0.1) is 4.40 Å². The van der Waals surface area contributed by atoms with Gasteiger partial charge in [-0.25, -0.2) is 4.39 Å². The molecule has 7 nitrogen and oxygen atoms in total. The summed E-state index contributed by atoms with van der Waals surface area (Å²) in [7, 11) is -4.09. The third-order valence-corrected chi connectivity index (χ3v) is 10.8. The second-order valence-corrected chi connectivity index (χ2v) is 13.5. The van der Waals surface area contributed by atoms with E-state index in [4.69, 9.17) is 0 Å². The highest BCUT2D eigenvalue weighted by atomic mass is 32.2. The molecule has 38 heavy (non-hydrogen) atoms. The lowest BCUT2D eigenvalue weighted by Crippen LogP contribution is -2.62. The van der Waals surface area contributed by atoms with Gasteiger partial charge in [-0.1, -0.05) is 18.2 Å². The van der Waals surface area contributed by atoms with Gasteiger partial charge < -0.3 is 10.2 Å². The van der Waals surface area contributed by atoms with Gasteiger partial charge in [0.05, 0.1) is 5.69 Å². The predicted octanol–water partition coefficient (Wildman–Crippen LogP) is 4.32. The van der Waals surface area contributed by atoms with Crippen LogP contribution in [-0.4, -0.2) is 36.9 Å². The Labute approximate surface area is 221 Å². The number of nitrogens with zero attached hydrogens (tertiary/aromatic N) is 2. The minimum atomic E-state index is -4.09. The number of piperidine rings is 1. The molecule has 198 valence electrons. The molecular formula is C29H30FN3O4S. The summed E-state index contributed by atoms with van der Waals surface area (Å²) in [5.74, 6) is -1.20. The van der Waals surface area contributed by atoms with Crippen LogP contribution in [0.25, 0.3) is 0 Å². The van der Waals surface area contributed by atoms with E-state index in [1.807, 2.05) is 0 Å². The van der Waals surface area contributed by atoms with E-state index in [1.165, 1.54) is 18.6 Å². The number of carbonyl (C=O) groups excluding carboxylic acids is 2. The van der Waals surface area contributed by atoms with Gasteiger partial charge in [0, 0.05) is 18.5 Å². The van der Waals surface area contributed by atoms with Crippen LogP contribution < -0.4 is 5.32 Å². The number of rotatable bonds is 3. The lowest BCUT2D eigenvalue weighted by Gasteiger charge is -2.47. The number of ketones is 1. The van der Waals surface area contributed by atoms with E-state index >= 15 is 0 Å². The Morgan fingerprint density at radius 2 is 1.66 bits per heavy atom. The molecule has 1 amide bonds. The molecule has 5 unspecified atom stereocenters. The molecule has 4 bridgehead atoms. The van der Waals surface area contributed by atoms with Crippen molar-refractivity contribution in [3.63, 3.8) is 0 Å².